The largest absolute Gasteiger partial charge is 0.392 e. The standard InChI is InChI=1S/C27H32FNO/c1-18(2)26-23(12-8-11-20-9-6-5-7-10-20)25(21-13-15-22(28)16-14-21)24(17-30)27(29-26)19(3)4/h5-7,9-10,13-16,18-19,30H,8,11-12,17H2,1-4H3. The molecule has 0 saturated carbocycles. The first-order chi connectivity index (χ1) is 14.4. The fraction of sp³-hybridized carbons (Fsp3) is 0.370. The van der Waals surface area contributed by atoms with Crippen molar-refractivity contribution in [3.05, 3.63) is 88.5 Å². The van der Waals surface area contributed by atoms with E-state index in [-0.39, 0.29) is 24.3 Å². The molecule has 0 atom stereocenters. The number of pyridine rings is 1. The van der Waals surface area contributed by atoms with E-state index < -0.39 is 0 Å². The molecule has 158 valence electrons. The topological polar surface area (TPSA) is 33.1 Å². The van der Waals surface area contributed by atoms with Gasteiger partial charge in [0.25, 0.3) is 0 Å². The number of benzene rings is 2. The number of hydrogen-bond acceptors (Lipinski definition) is 2. The Morgan fingerprint density at radius 2 is 1.40 bits per heavy atom. The molecule has 0 amide bonds. The highest BCUT2D eigenvalue weighted by Gasteiger charge is 2.23. The summed E-state index contributed by atoms with van der Waals surface area (Å²) < 4.78 is 13.6. The van der Waals surface area contributed by atoms with E-state index >= 15 is 0 Å². The Kier molecular flexibility index (Phi) is 7.38. The van der Waals surface area contributed by atoms with Crippen LogP contribution in [0.25, 0.3) is 11.1 Å². The summed E-state index contributed by atoms with van der Waals surface area (Å²) in [6.45, 7) is 8.47. The zero-order chi connectivity index (χ0) is 21.7. The van der Waals surface area contributed by atoms with Gasteiger partial charge in [-0.1, -0.05) is 70.2 Å². The number of aryl methyl sites for hydroxylation is 1. The maximum absolute atomic E-state index is 13.6. The summed E-state index contributed by atoms with van der Waals surface area (Å²) >= 11 is 0. The first-order valence-corrected chi connectivity index (χ1v) is 10.9. The van der Waals surface area contributed by atoms with Crippen LogP contribution in [0.1, 0.15) is 74.0 Å². The second-order valence-corrected chi connectivity index (χ2v) is 8.53. The fourth-order valence-electron chi connectivity index (χ4n) is 4.15. The average Bonchev–Trinajstić information content (AvgIpc) is 2.74. The highest BCUT2D eigenvalue weighted by molar-refractivity contribution is 5.73. The molecule has 0 saturated heterocycles. The molecule has 1 aromatic heterocycles. The summed E-state index contributed by atoms with van der Waals surface area (Å²) in [6, 6.07) is 17.1. The second-order valence-electron chi connectivity index (χ2n) is 8.53. The van der Waals surface area contributed by atoms with Crippen LogP contribution in [-0.2, 0) is 19.4 Å². The molecular formula is C27H32FNO. The molecule has 0 aliphatic rings. The van der Waals surface area contributed by atoms with E-state index in [0.717, 1.165) is 47.3 Å². The Morgan fingerprint density at radius 1 is 0.800 bits per heavy atom. The average molecular weight is 406 g/mol. The maximum atomic E-state index is 13.6. The molecular weight excluding hydrogens is 373 g/mol. The molecule has 0 spiro atoms. The van der Waals surface area contributed by atoms with Crippen molar-refractivity contribution in [2.24, 2.45) is 0 Å². The van der Waals surface area contributed by atoms with E-state index in [1.54, 1.807) is 0 Å². The van der Waals surface area contributed by atoms with Gasteiger partial charge in [0, 0.05) is 17.0 Å². The number of rotatable bonds is 8. The second kappa shape index (κ2) is 9.99. The van der Waals surface area contributed by atoms with Crippen LogP contribution in [-0.4, -0.2) is 10.1 Å². The zero-order valence-electron chi connectivity index (χ0n) is 18.5. The highest BCUT2D eigenvalue weighted by Crippen LogP contribution is 2.37. The normalized spacial score (nSPS) is 11.5. The minimum atomic E-state index is -0.253. The minimum Gasteiger partial charge on any atom is -0.392 e. The summed E-state index contributed by atoms with van der Waals surface area (Å²) in [6.07, 6.45) is 2.85. The van der Waals surface area contributed by atoms with Crippen LogP contribution in [0.2, 0.25) is 0 Å². The lowest BCUT2D eigenvalue weighted by Gasteiger charge is -2.24. The van der Waals surface area contributed by atoms with Gasteiger partial charge in [-0.3, -0.25) is 4.98 Å². The van der Waals surface area contributed by atoms with Gasteiger partial charge in [0.1, 0.15) is 5.82 Å². The lowest BCUT2D eigenvalue weighted by Crippen LogP contribution is -2.12. The van der Waals surface area contributed by atoms with Crippen LogP contribution in [0.4, 0.5) is 4.39 Å². The van der Waals surface area contributed by atoms with Crippen molar-refractivity contribution in [1.82, 2.24) is 4.98 Å². The first-order valence-electron chi connectivity index (χ1n) is 10.9. The highest BCUT2D eigenvalue weighted by atomic mass is 19.1. The van der Waals surface area contributed by atoms with Crippen molar-refractivity contribution in [2.45, 2.75) is 65.4 Å². The van der Waals surface area contributed by atoms with E-state index in [2.05, 4.69) is 52.0 Å². The quantitative estimate of drug-likeness (QED) is 0.447. The van der Waals surface area contributed by atoms with Crippen LogP contribution < -0.4 is 0 Å². The summed E-state index contributed by atoms with van der Waals surface area (Å²) in [4.78, 5) is 5.04. The van der Waals surface area contributed by atoms with Crippen molar-refractivity contribution < 1.29 is 9.50 Å². The predicted octanol–water partition coefficient (Wildman–Crippen LogP) is 6.80. The molecule has 3 rings (SSSR count). The smallest absolute Gasteiger partial charge is 0.123 e. The van der Waals surface area contributed by atoms with Crippen molar-refractivity contribution in [1.29, 1.82) is 0 Å². The molecule has 2 nitrogen and oxygen atoms in total. The van der Waals surface area contributed by atoms with Gasteiger partial charge in [-0.25, -0.2) is 4.39 Å². The number of aliphatic hydroxyl groups excluding tert-OH is 1. The zero-order valence-corrected chi connectivity index (χ0v) is 18.5. The van der Waals surface area contributed by atoms with Gasteiger partial charge in [-0.15, -0.1) is 0 Å². The Hall–Kier alpha value is -2.52. The number of halogens is 1. The summed E-state index contributed by atoms with van der Waals surface area (Å²) in [5.74, 6) is 0.209. The molecule has 3 aromatic rings. The third kappa shape index (κ3) is 4.96. The van der Waals surface area contributed by atoms with E-state index in [1.807, 2.05) is 18.2 Å². The van der Waals surface area contributed by atoms with Crippen LogP contribution in [0, 0.1) is 5.82 Å². The Morgan fingerprint density at radius 3 is 1.97 bits per heavy atom. The van der Waals surface area contributed by atoms with E-state index in [9.17, 15) is 9.50 Å². The number of aliphatic hydroxyl groups is 1. The molecule has 0 bridgehead atoms. The van der Waals surface area contributed by atoms with Crippen LogP contribution in [0.3, 0.4) is 0 Å². The Balaban J connectivity index is 2.12. The molecule has 3 heteroatoms. The molecule has 2 aromatic carbocycles. The van der Waals surface area contributed by atoms with Crippen molar-refractivity contribution in [3.8, 4) is 11.1 Å². The van der Waals surface area contributed by atoms with E-state index in [1.165, 1.54) is 23.3 Å². The van der Waals surface area contributed by atoms with Gasteiger partial charge < -0.3 is 5.11 Å². The van der Waals surface area contributed by atoms with Crippen LogP contribution in [0.15, 0.2) is 54.6 Å². The maximum Gasteiger partial charge on any atom is 0.123 e. The molecule has 1 heterocycles. The number of hydrogen-bond donors (Lipinski definition) is 1. The van der Waals surface area contributed by atoms with E-state index in [0.29, 0.717) is 0 Å². The summed E-state index contributed by atoms with van der Waals surface area (Å²) in [7, 11) is 0. The first kappa shape index (κ1) is 22.2. The molecule has 0 radical (unpaired) electrons. The van der Waals surface area contributed by atoms with Gasteiger partial charge in [0.15, 0.2) is 0 Å². The minimum absolute atomic E-state index is 0.0721. The van der Waals surface area contributed by atoms with Gasteiger partial charge in [-0.2, -0.15) is 0 Å². The predicted molar refractivity (Wildman–Crippen MR) is 122 cm³/mol. The van der Waals surface area contributed by atoms with Gasteiger partial charge >= 0.3 is 0 Å². The SMILES string of the molecule is CC(C)c1nc(C(C)C)c(CCCc2ccccc2)c(-c2ccc(F)cc2)c1CO. The fourth-order valence-corrected chi connectivity index (χ4v) is 4.15. The molecule has 0 aliphatic carbocycles. The Labute approximate surface area is 179 Å². The van der Waals surface area contributed by atoms with Crippen LogP contribution in [0.5, 0.6) is 0 Å². The Bertz CT molecular complexity index is 962. The van der Waals surface area contributed by atoms with Crippen molar-refractivity contribution in [3.63, 3.8) is 0 Å². The molecule has 0 aliphatic heterocycles. The summed E-state index contributed by atoms with van der Waals surface area (Å²) in [5, 5.41) is 10.3. The number of aromatic nitrogens is 1. The third-order valence-electron chi connectivity index (χ3n) is 5.58. The van der Waals surface area contributed by atoms with Crippen molar-refractivity contribution in [2.75, 3.05) is 0 Å². The third-order valence-corrected chi connectivity index (χ3v) is 5.58. The van der Waals surface area contributed by atoms with Gasteiger partial charge in [-0.05, 0) is 65.5 Å². The van der Waals surface area contributed by atoms with Gasteiger partial charge in [0.05, 0.1) is 6.61 Å². The molecule has 0 unspecified atom stereocenters. The molecule has 1 N–H and O–H groups in total. The molecule has 30 heavy (non-hydrogen) atoms. The lowest BCUT2D eigenvalue weighted by molar-refractivity contribution is 0.279. The summed E-state index contributed by atoms with van der Waals surface area (Å²) in [5.41, 5.74) is 7.38. The van der Waals surface area contributed by atoms with E-state index in [4.69, 9.17) is 4.98 Å². The van der Waals surface area contributed by atoms with Crippen molar-refractivity contribution >= 4 is 0 Å². The molecule has 0 fully saturated rings. The number of nitrogens with zero attached hydrogens (tertiary/aromatic N) is 1. The van der Waals surface area contributed by atoms with Gasteiger partial charge in [0.2, 0.25) is 0 Å². The monoisotopic (exact) mass is 405 g/mol. The lowest BCUT2D eigenvalue weighted by atomic mass is 9.85. The van der Waals surface area contributed by atoms with Crippen LogP contribution >= 0.6 is 0 Å².